The number of hydrogen-bond donors (Lipinski definition) is 3. The SMILES string of the molecule is COC(=O)N[C@H](C(=O)N1CCC[C@H]1C1=NC=C(c2ccc(-c3cnc([C@@H]4CCCN4C(=O)[C@@H](NC(=O)OC)C(C)C)[nH]3)cc2)C1)C(C)C. The fourth-order valence-electron chi connectivity index (χ4n) is 6.79. The van der Waals surface area contributed by atoms with Crippen molar-refractivity contribution in [3.05, 3.63) is 48.1 Å². The number of ether oxygens (including phenoxy) is 2. The lowest BCUT2D eigenvalue weighted by atomic mass is 9.96. The van der Waals surface area contributed by atoms with E-state index in [0.717, 1.165) is 53.8 Å². The monoisotopic (exact) mass is 661 g/mol. The second-order valence-corrected chi connectivity index (χ2v) is 13.3. The highest BCUT2D eigenvalue weighted by Gasteiger charge is 2.39. The summed E-state index contributed by atoms with van der Waals surface area (Å²) < 4.78 is 9.49. The average molecular weight is 662 g/mol. The van der Waals surface area contributed by atoms with E-state index in [4.69, 9.17) is 14.5 Å². The Morgan fingerprint density at radius 1 is 0.812 bits per heavy atom. The Hall–Kier alpha value is -4.68. The van der Waals surface area contributed by atoms with Crippen LogP contribution >= 0.6 is 0 Å². The number of imidazole rings is 1. The number of likely N-dealkylation sites (tertiary alicyclic amines) is 2. The van der Waals surface area contributed by atoms with Crippen LogP contribution in [0.3, 0.4) is 0 Å². The first-order chi connectivity index (χ1) is 23.0. The van der Waals surface area contributed by atoms with Crippen molar-refractivity contribution in [3.63, 3.8) is 0 Å². The molecular formula is C35H47N7O6. The molecule has 0 radical (unpaired) electrons. The summed E-state index contributed by atoms with van der Waals surface area (Å²) in [6.07, 6.45) is 6.42. The van der Waals surface area contributed by atoms with Gasteiger partial charge in [0.1, 0.15) is 17.9 Å². The van der Waals surface area contributed by atoms with E-state index in [2.05, 4.69) is 32.7 Å². The Bertz CT molecular complexity index is 1560. The van der Waals surface area contributed by atoms with Gasteiger partial charge < -0.3 is 34.9 Å². The third-order valence-electron chi connectivity index (χ3n) is 9.47. The van der Waals surface area contributed by atoms with Crippen LogP contribution in [0.1, 0.15) is 77.2 Å². The zero-order chi connectivity index (χ0) is 34.5. The van der Waals surface area contributed by atoms with Crippen LogP contribution in [0, 0.1) is 11.8 Å². The minimum Gasteiger partial charge on any atom is -0.453 e. The number of benzene rings is 1. The molecule has 3 aliphatic rings. The molecule has 0 saturated carbocycles. The molecular weight excluding hydrogens is 614 g/mol. The number of methoxy groups -OCH3 is 2. The molecule has 0 aliphatic carbocycles. The molecule has 4 heterocycles. The molecule has 2 saturated heterocycles. The molecule has 0 unspecified atom stereocenters. The zero-order valence-corrected chi connectivity index (χ0v) is 28.6. The fraction of sp³-hybridized carbons (Fsp3) is 0.543. The second kappa shape index (κ2) is 15.0. The number of carbonyl (C=O) groups is 4. The Morgan fingerprint density at radius 3 is 1.88 bits per heavy atom. The number of aromatic amines is 1. The minimum absolute atomic E-state index is 0.0892. The third-order valence-corrected chi connectivity index (χ3v) is 9.47. The number of H-pyrrole nitrogens is 1. The molecule has 2 fully saturated rings. The molecule has 1 aromatic carbocycles. The van der Waals surface area contributed by atoms with Crippen molar-refractivity contribution in [1.82, 2.24) is 30.4 Å². The highest BCUT2D eigenvalue weighted by atomic mass is 16.5. The number of aliphatic imine (C=N–C) groups is 1. The first-order valence-electron chi connectivity index (χ1n) is 16.7. The Balaban J connectivity index is 1.22. The molecule has 13 heteroatoms. The van der Waals surface area contributed by atoms with Crippen LogP contribution in [0.4, 0.5) is 9.59 Å². The maximum absolute atomic E-state index is 13.5. The van der Waals surface area contributed by atoms with E-state index in [-0.39, 0.29) is 35.7 Å². The summed E-state index contributed by atoms with van der Waals surface area (Å²) in [5.74, 6) is 0.268. The molecule has 3 aliphatic heterocycles. The van der Waals surface area contributed by atoms with Crippen LogP contribution in [0.5, 0.6) is 0 Å². The van der Waals surface area contributed by atoms with E-state index in [0.29, 0.717) is 25.3 Å². The van der Waals surface area contributed by atoms with Crippen molar-refractivity contribution >= 4 is 35.3 Å². The number of rotatable bonds is 10. The van der Waals surface area contributed by atoms with E-state index < -0.39 is 24.3 Å². The quantitative estimate of drug-likeness (QED) is 0.334. The van der Waals surface area contributed by atoms with Gasteiger partial charge >= 0.3 is 12.2 Å². The van der Waals surface area contributed by atoms with E-state index in [9.17, 15) is 19.2 Å². The van der Waals surface area contributed by atoms with E-state index in [1.54, 1.807) is 11.1 Å². The molecule has 258 valence electrons. The van der Waals surface area contributed by atoms with Crippen molar-refractivity contribution in [3.8, 4) is 11.3 Å². The number of nitrogens with one attached hydrogen (secondary N) is 3. The standard InChI is InChI=1S/C35H47N7O6/c1-20(2)29(39-34(45)47-5)32(43)41-15-7-9-27(41)25-17-24(18-36-25)22-11-13-23(14-12-22)26-19-37-31(38-26)28-10-8-16-42(28)33(44)30(21(3)4)40-35(46)48-6/h11-14,18-21,27-30H,7-10,15-17H2,1-6H3,(H,37,38)(H,39,45)(H,40,46)/t27-,28-,29-,30-/m0/s1. The topological polar surface area (TPSA) is 158 Å². The highest BCUT2D eigenvalue weighted by Crippen LogP contribution is 2.34. The zero-order valence-electron chi connectivity index (χ0n) is 28.6. The van der Waals surface area contributed by atoms with Crippen molar-refractivity contribution in [2.24, 2.45) is 16.8 Å². The Kier molecular flexibility index (Phi) is 10.9. The molecule has 4 atom stereocenters. The smallest absolute Gasteiger partial charge is 0.407 e. The summed E-state index contributed by atoms with van der Waals surface area (Å²) in [6.45, 7) is 8.82. The van der Waals surface area contributed by atoms with Gasteiger partial charge in [-0.25, -0.2) is 14.6 Å². The fourth-order valence-corrected chi connectivity index (χ4v) is 6.79. The molecule has 48 heavy (non-hydrogen) atoms. The van der Waals surface area contributed by atoms with E-state index in [1.807, 2.05) is 50.9 Å². The average Bonchev–Trinajstić information content (AvgIpc) is 3.90. The highest BCUT2D eigenvalue weighted by molar-refractivity contribution is 6.03. The van der Waals surface area contributed by atoms with Crippen LogP contribution in [0.2, 0.25) is 0 Å². The van der Waals surface area contributed by atoms with Gasteiger partial charge in [-0.05, 0) is 54.2 Å². The first-order valence-corrected chi connectivity index (χ1v) is 16.7. The number of amides is 4. The lowest BCUT2D eigenvalue weighted by molar-refractivity contribution is -0.135. The van der Waals surface area contributed by atoms with Crippen LogP contribution in [-0.4, -0.2) is 94.9 Å². The van der Waals surface area contributed by atoms with Gasteiger partial charge in [0.05, 0.1) is 38.2 Å². The predicted octanol–water partition coefficient (Wildman–Crippen LogP) is 4.68. The molecule has 2 aromatic rings. The Morgan fingerprint density at radius 2 is 1.33 bits per heavy atom. The third kappa shape index (κ3) is 7.39. The summed E-state index contributed by atoms with van der Waals surface area (Å²) in [5.41, 5.74) is 4.89. The number of allylic oxidation sites excluding steroid dienone is 1. The molecule has 4 amide bonds. The van der Waals surface area contributed by atoms with Gasteiger partial charge in [0.25, 0.3) is 0 Å². The van der Waals surface area contributed by atoms with Gasteiger partial charge in [0, 0.05) is 31.4 Å². The van der Waals surface area contributed by atoms with Gasteiger partial charge in [0.2, 0.25) is 11.8 Å². The van der Waals surface area contributed by atoms with Gasteiger partial charge in [-0.15, -0.1) is 0 Å². The van der Waals surface area contributed by atoms with Crippen LogP contribution < -0.4 is 10.6 Å². The number of aromatic nitrogens is 2. The number of hydrogen-bond acceptors (Lipinski definition) is 8. The van der Waals surface area contributed by atoms with Gasteiger partial charge in [0.15, 0.2) is 0 Å². The van der Waals surface area contributed by atoms with Crippen molar-refractivity contribution in [1.29, 1.82) is 0 Å². The van der Waals surface area contributed by atoms with Gasteiger partial charge in [-0.2, -0.15) is 0 Å². The maximum Gasteiger partial charge on any atom is 0.407 e. The van der Waals surface area contributed by atoms with Gasteiger partial charge in [-0.1, -0.05) is 52.0 Å². The van der Waals surface area contributed by atoms with Crippen LogP contribution in [0.25, 0.3) is 16.8 Å². The molecule has 5 rings (SSSR count). The number of alkyl carbamates (subject to hydrolysis) is 2. The molecule has 1 aromatic heterocycles. The first kappa shape index (κ1) is 34.6. The van der Waals surface area contributed by atoms with Gasteiger partial charge in [-0.3, -0.25) is 14.6 Å². The predicted molar refractivity (Wildman–Crippen MR) is 181 cm³/mol. The summed E-state index contributed by atoms with van der Waals surface area (Å²) >= 11 is 0. The molecule has 0 bridgehead atoms. The summed E-state index contributed by atoms with van der Waals surface area (Å²) in [6, 6.07) is 6.52. The second-order valence-electron chi connectivity index (χ2n) is 13.3. The van der Waals surface area contributed by atoms with Crippen molar-refractivity contribution in [2.75, 3.05) is 27.3 Å². The lowest BCUT2D eigenvalue weighted by Crippen LogP contribution is -2.53. The number of nitrogens with zero attached hydrogens (tertiary/aromatic N) is 4. The van der Waals surface area contributed by atoms with Crippen LogP contribution in [-0.2, 0) is 19.1 Å². The molecule has 13 nitrogen and oxygen atoms in total. The maximum atomic E-state index is 13.5. The van der Waals surface area contributed by atoms with Crippen LogP contribution in [0.15, 0.2) is 41.7 Å². The Labute approximate surface area is 281 Å². The molecule has 0 spiro atoms. The summed E-state index contributed by atoms with van der Waals surface area (Å²) in [7, 11) is 2.58. The largest absolute Gasteiger partial charge is 0.453 e. The summed E-state index contributed by atoms with van der Waals surface area (Å²) in [4.78, 5) is 67.3. The minimum atomic E-state index is -0.688. The molecule has 3 N–H and O–H groups in total. The lowest BCUT2D eigenvalue weighted by Gasteiger charge is -2.31. The normalized spacial score (nSPS) is 20.4. The van der Waals surface area contributed by atoms with Crippen molar-refractivity contribution < 1.29 is 28.7 Å². The number of carbonyl (C=O) groups excluding carboxylic acids is 4. The summed E-state index contributed by atoms with van der Waals surface area (Å²) in [5, 5.41) is 5.39. The van der Waals surface area contributed by atoms with Crippen molar-refractivity contribution in [2.45, 2.75) is 84.0 Å². The van der Waals surface area contributed by atoms with E-state index >= 15 is 0 Å². The van der Waals surface area contributed by atoms with E-state index in [1.165, 1.54) is 14.2 Å².